The molecule has 21 heavy (non-hydrogen) atoms. The Labute approximate surface area is 133 Å². The molecule has 3 N–H and O–H groups in total. The molecule has 0 aromatic heterocycles. The maximum atomic E-state index is 12.3. The highest BCUT2D eigenvalue weighted by Gasteiger charge is 2.11. The van der Waals surface area contributed by atoms with Gasteiger partial charge in [-0.1, -0.05) is 40.2 Å². The summed E-state index contributed by atoms with van der Waals surface area (Å²) >= 11 is 3.46. The van der Waals surface area contributed by atoms with Crippen molar-refractivity contribution in [2.75, 3.05) is 5.32 Å². The number of rotatable bonds is 4. The number of halogens is 1. The van der Waals surface area contributed by atoms with E-state index in [9.17, 15) is 4.79 Å². The predicted octanol–water partition coefficient (Wildman–Crippen LogP) is 3.71. The first-order valence-electron chi connectivity index (χ1n) is 6.84. The molecular weight excluding hydrogens is 328 g/mol. The lowest BCUT2D eigenvalue weighted by molar-refractivity contribution is -0.115. The van der Waals surface area contributed by atoms with Crippen molar-refractivity contribution in [3.63, 3.8) is 0 Å². The molecule has 0 unspecified atom stereocenters. The summed E-state index contributed by atoms with van der Waals surface area (Å²) < 4.78 is 1.02. The summed E-state index contributed by atoms with van der Waals surface area (Å²) in [7, 11) is 0. The number of hydrogen-bond acceptors (Lipinski definition) is 2. The Bertz CT molecular complexity index is 645. The topological polar surface area (TPSA) is 55.1 Å². The highest BCUT2D eigenvalue weighted by atomic mass is 79.9. The summed E-state index contributed by atoms with van der Waals surface area (Å²) in [5, 5.41) is 3.00. The molecule has 1 amide bonds. The minimum Gasteiger partial charge on any atom is -0.326 e. The Morgan fingerprint density at radius 3 is 2.29 bits per heavy atom. The van der Waals surface area contributed by atoms with Crippen LogP contribution in [0.4, 0.5) is 5.69 Å². The second-order valence-electron chi connectivity index (χ2n) is 5.11. The first-order valence-corrected chi connectivity index (χ1v) is 7.64. The number of carbonyl (C=O) groups excluding carboxylic acids is 1. The van der Waals surface area contributed by atoms with Crippen LogP contribution in [0.2, 0.25) is 0 Å². The smallest absolute Gasteiger partial charge is 0.228 e. The molecule has 2 aromatic rings. The van der Waals surface area contributed by atoms with Crippen LogP contribution in [0.5, 0.6) is 0 Å². The SMILES string of the molecule is Cc1cc(Br)cc(C)c1NC(=O)Cc1ccccc1CN. The fraction of sp³-hybridized carbons (Fsp3) is 0.235. The van der Waals surface area contributed by atoms with Gasteiger partial charge in [-0.15, -0.1) is 0 Å². The molecule has 0 fully saturated rings. The average Bonchev–Trinajstić information content (AvgIpc) is 2.43. The van der Waals surface area contributed by atoms with Crippen molar-refractivity contribution in [1.82, 2.24) is 0 Å². The molecular formula is C17H19BrN2O. The summed E-state index contributed by atoms with van der Waals surface area (Å²) in [5.41, 5.74) is 10.7. The van der Waals surface area contributed by atoms with E-state index in [4.69, 9.17) is 5.73 Å². The Kier molecular flexibility index (Phi) is 5.15. The van der Waals surface area contributed by atoms with Crippen LogP contribution < -0.4 is 11.1 Å². The molecule has 3 nitrogen and oxygen atoms in total. The standard InChI is InChI=1S/C17H19BrN2O/c1-11-7-15(18)8-12(2)17(11)20-16(21)9-13-5-3-4-6-14(13)10-19/h3-8H,9-10,19H2,1-2H3,(H,20,21). The molecule has 4 heteroatoms. The van der Waals surface area contributed by atoms with E-state index in [0.717, 1.165) is 32.4 Å². The first-order chi connectivity index (χ1) is 10.0. The average molecular weight is 347 g/mol. The van der Waals surface area contributed by atoms with Crippen LogP contribution in [0.1, 0.15) is 22.3 Å². The van der Waals surface area contributed by atoms with Gasteiger partial charge in [-0.3, -0.25) is 4.79 Å². The van der Waals surface area contributed by atoms with Crippen molar-refractivity contribution in [3.8, 4) is 0 Å². The summed E-state index contributed by atoms with van der Waals surface area (Å²) in [5.74, 6) is -0.0237. The van der Waals surface area contributed by atoms with Crippen molar-refractivity contribution in [2.45, 2.75) is 26.8 Å². The van der Waals surface area contributed by atoms with Gasteiger partial charge in [0, 0.05) is 16.7 Å². The molecule has 0 atom stereocenters. The quantitative estimate of drug-likeness (QED) is 0.886. The number of amides is 1. The molecule has 0 radical (unpaired) electrons. The number of nitrogens with two attached hydrogens (primary N) is 1. The van der Waals surface area contributed by atoms with Crippen molar-refractivity contribution in [3.05, 3.63) is 63.1 Å². The van der Waals surface area contributed by atoms with E-state index in [2.05, 4.69) is 21.2 Å². The number of benzene rings is 2. The fourth-order valence-corrected chi connectivity index (χ4v) is 3.08. The van der Waals surface area contributed by atoms with Crippen LogP contribution in [0.15, 0.2) is 40.9 Å². The zero-order chi connectivity index (χ0) is 15.4. The Balaban J connectivity index is 2.16. The van der Waals surface area contributed by atoms with Crippen molar-refractivity contribution < 1.29 is 4.79 Å². The van der Waals surface area contributed by atoms with Gasteiger partial charge in [-0.2, -0.15) is 0 Å². The van der Waals surface area contributed by atoms with Crippen molar-refractivity contribution in [2.24, 2.45) is 5.73 Å². The molecule has 0 heterocycles. The van der Waals surface area contributed by atoms with Crippen LogP contribution in [0.25, 0.3) is 0 Å². The molecule has 0 aliphatic heterocycles. The highest BCUT2D eigenvalue weighted by molar-refractivity contribution is 9.10. The maximum Gasteiger partial charge on any atom is 0.228 e. The second-order valence-corrected chi connectivity index (χ2v) is 6.03. The molecule has 2 aromatic carbocycles. The third-order valence-electron chi connectivity index (χ3n) is 3.45. The molecule has 0 bridgehead atoms. The number of aryl methyl sites for hydroxylation is 2. The van der Waals surface area contributed by atoms with Crippen LogP contribution in [0.3, 0.4) is 0 Å². The van der Waals surface area contributed by atoms with E-state index in [0.29, 0.717) is 13.0 Å². The van der Waals surface area contributed by atoms with Gasteiger partial charge in [0.15, 0.2) is 0 Å². The normalized spacial score (nSPS) is 10.5. The number of hydrogen-bond donors (Lipinski definition) is 2. The summed E-state index contributed by atoms with van der Waals surface area (Å²) in [6, 6.07) is 11.8. The van der Waals surface area contributed by atoms with Gasteiger partial charge in [0.1, 0.15) is 0 Å². The van der Waals surface area contributed by atoms with Gasteiger partial charge in [0.25, 0.3) is 0 Å². The summed E-state index contributed by atoms with van der Waals surface area (Å²) in [6.45, 7) is 4.42. The number of anilines is 1. The van der Waals surface area contributed by atoms with E-state index in [1.807, 2.05) is 50.2 Å². The minimum atomic E-state index is -0.0237. The molecule has 0 saturated carbocycles. The van der Waals surface area contributed by atoms with Gasteiger partial charge in [-0.25, -0.2) is 0 Å². The maximum absolute atomic E-state index is 12.3. The van der Waals surface area contributed by atoms with Gasteiger partial charge in [0.2, 0.25) is 5.91 Å². The molecule has 0 aliphatic carbocycles. The van der Waals surface area contributed by atoms with E-state index in [-0.39, 0.29) is 5.91 Å². The zero-order valence-corrected chi connectivity index (χ0v) is 13.8. The molecule has 0 spiro atoms. The molecule has 2 rings (SSSR count). The van der Waals surface area contributed by atoms with Crippen LogP contribution in [0, 0.1) is 13.8 Å². The summed E-state index contributed by atoms with van der Waals surface area (Å²) in [6.07, 6.45) is 0.336. The number of nitrogens with one attached hydrogen (secondary N) is 1. The lowest BCUT2D eigenvalue weighted by atomic mass is 10.0. The Hall–Kier alpha value is -1.65. The zero-order valence-electron chi connectivity index (χ0n) is 12.2. The van der Waals surface area contributed by atoms with E-state index in [1.165, 1.54) is 0 Å². The lowest BCUT2D eigenvalue weighted by Gasteiger charge is -2.13. The molecule has 0 saturated heterocycles. The Morgan fingerprint density at radius 1 is 1.14 bits per heavy atom. The van der Waals surface area contributed by atoms with E-state index in [1.54, 1.807) is 0 Å². The second kappa shape index (κ2) is 6.87. The fourth-order valence-electron chi connectivity index (χ4n) is 2.39. The lowest BCUT2D eigenvalue weighted by Crippen LogP contribution is -2.17. The highest BCUT2D eigenvalue weighted by Crippen LogP contribution is 2.25. The summed E-state index contributed by atoms with van der Waals surface area (Å²) in [4.78, 5) is 12.3. The molecule has 0 aliphatic rings. The van der Waals surface area contributed by atoms with Gasteiger partial charge >= 0.3 is 0 Å². The van der Waals surface area contributed by atoms with Crippen LogP contribution >= 0.6 is 15.9 Å². The van der Waals surface area contributed by atoms with Gasteiger partial charge < -0.3 is 11.1 Å². The largest absolute Gasteiger partial charge is 0.326 e. The monoisotopic (exact) mass is 346 g/mol. The van der Waals surface area contributed by atoms with Crippen molar-refractivity contribution >= 4 is 27.5 Å². The Morgan fingerprint density at radius 2 is 1.71 bits per heavy atom. The van der Waals surface area contributed by atoms with Gasteiger partial charge in [0.05, 0.1) is 6.42 Å². The third-order valence-corrected chi connectivity index (χ3v) is 3.91. The van der Waals surface area contributed by atoms with Gasteiger partial charge in [-0.05, 0) is 48.2 Å². The van der Waals surface area contributed by atoms with Crippen molar-refractivity contribution in [1.29, 1.82) is 0 Å². The first kappa shape index (κ1) is 15.7. The van der Waals surface area contributed by atoms with E-state index >= 15 is 0 Å². The molecule has 110 valence electrons. The third kappa shape index (κ3) is 3.93. The number of carbonyl (C=O) groups is 1. The van der Waals surface area contributed by atoms with E-state index < -0.39 is 0 Å². The minimum absolute atomic E-state index is 0.0237. The van der Waals surface area contributed by atoms with Crippen LogP contribution in [-0.4, -0.2) is 5.91 Å². The van der Waals surface area contributed by atoms with Crippen LogP contribution in [-0.2, 0) is 17.8 Å². The predicted molar refractivity (Wildman–Crippen MR) is 90.3 cm³/mol.